The lowest BCUT2D eigenvalue weighted by Crippen LogP contribution is -2.26. The summed E-state index contributed by atoms with van der Waals surface area (Å²) in [7, 11) is 0. The smallest absolute Gasteiger partial charge is 0.305 e. The summed E-state index contributed by atoms with van der Waals surface area (Å²) in [5.41, 5.74) is 6.29. The molecule has 0 aliphatic heterocycles. The SMILES string of the molecule is CCOC(=O)CCCNC(=O)c1ccncc1C#CCN. The van der Waals surface area contributed by atoms with Gasteiger partial charge in [0, 0.05) is 25.4 Å². The van der Waals surface area contributed by atoms with Crippen molar-refractivity contribution in [3.05, 3.63) is 29.6 Å². The van der Waals surface area contributed by atoms with E-state index >= 15 is 0 Å². The van der Waals surface area contributed by atoms with E-state index in [-0.39, 0.29) is 24.8 Å². The highest BCUT2D eigenvalue weighted by Gasteiger charge is 2.09. The lowest BCUT2D eigenvalue weighted by Gasteiger charge is -2.06. The van der Waals surface area contributed by atoms with Gasteiger partial charge in [0.15, 0.2) is 0 Å². The van der Waals surface area contributed by atoms with E-state index in [1.54, 1.807) is 13.0 Å². The van der Waals surface area contributed by atoms with Gasteiger partial charge in [-0.1, -0.05) is 11.8 Å². The summed E-state index contributed by atoms with van der Waals surface area (Å²) in [6, 6.07) is 1.60. The monoisotopic (exact) mass is 289 g/mol. The Hall–Kier alpha value is -2.39. The number of hydrogen-bond donors (Lipinski definition) is 2. The summed E-state index contributed by atoms with van der Waals surface area (Å²) in [6.45, 7) is 2.73. The Morgan fingerprint density at radius 2 is 2.29 bits per heavy atom. The molecule has 0 aliphatic rings. The Labute approximate surface area is 124 Å². The molecule has 0 atom stereocenters. The fourth-order valence-electron chi connectivity index (χ4n) is 1.60. The third-order valence-corrected chi connectivity index (χ3v) is 2.54. The number of pyridine rings is 1. The maximum atomic E-state index is 12.0. The van der Waals surface area contributed by atoms with E-state index < -0.39 is 0 Å². The molecule has 112 valence electrons. The summed E-state index contributed by atoms with van der Waals surface area (Å²) in [5.74, 6) is 4.99. The average Bonchev–Trinajstić information content (AvgIpc) is 2.50. The number of amides is 1. The second kappa shape index (κ2) is 9.50. The molecule has 6 nitrogen and oxygen atoms in total. The van der Waals surface area contributed by atoms with Gasteiger partial charge >= 0.3 is 5.97 Å². The Kier molecular flexibility index (Phi) is 7.54. The fourth-order valence-corrected chi connectivity index (χ4v) is 1.60. The lowest BCUT2D eigenvalue weighted by atomic mass is 10.1. The fraction of sp³-hybridized carbons (Fsp3) is 0.400. The first-order valence-corrected chi connectivity index (χ1v) is 6.75. The molecule has 1 aromatic heterocycles. The molecule has 0 aliphatic carbocycles. The predicted molar refractivity (Wildman–Crippen MR) is 78.4 cm³/mol. The molecule has 0 unspecified atom stereocenters. The van der Waals surface area contributed by atoms with Gasteiger partial charge in [-0.15, -0.1) is 0 Å². The van der Waals surface area contributed by atoms with Gasteiger partial charge < -0.3 is 15.8 Å². The van der Waals surface area contributed by atoms with Crippen LogP contribution in [0.2, 0.25) is 0 Å². The van der Waals surface area contributed by atoms with E-state index in [0.29, 0.717) is 30.7 Å². The highest BCUT2D eigenvalue weighted by molar-refractivity contribution is 5.96. The molecule has 1 amide bonds. The molecule has 0 spiro atoms. The largest absolute Gasteiger partial charge is 0.466 e. The Bertz CT molecular complexity index is 547. The molecule has 0 saturated heterocycles. The zero-order valence-electron chi connectivity index (χ0n) is 12.0. The van der Waals surface area contributed by atoms with Crippen molar-refractivity contribution in [3.8, 4) is 11.8 Å². The third kappa shape index (κ3) is 6.06. The van der Waals surface area contributed by atoms with Crippen LogP contribution in [0.1, 0.15) is 35.7 Å². The van der Waals surface area contributed by atoms with Gasteiger partial charge in [-0.05, 0) is 19.4 Å². The Morgan fingerprint density at radius 1 is 1.48 bits per heavy atom. The molecule has 6 heteroatoms. The quantitative estimate of drug-likeness (QED) is 0.451. The number of nitrogens with two attached hydrogens (primary N) is 1. The van der Waals surface area contributed by atoms with Gasteiger partial charge in [0.1, 0.15) is 0 Å². The number of ether oxygens (including phenoxy) is 1. The molecule has 1 heterocycles. The molecule has 0 saturated carbocycles. The molecule has 21 heavy (non-hydrogen) atoms. The maximum Gasteiger partial charge on any atom is 0.305 e. The van der Waals surface area contributed by atoms with Gasteiger partial charge in [0.05, 0.1) is 24.3 Å². The van der Waals surface area contributed by atoms with Crippen molar-refractivity contribution < 1.29 is 14.3 Å². The minimum Gasteiger partial charge on any atom is -0.466 e. The van der Waals surface area contributed by atoms with E-state index in [1.165, 1.54) is 12.4 Å². The van der Waals surface area contributed by atoms with Crippen LogP contribution in [0, 0.1) is 11.8 Å². The van der Waals surface area contributed by atoms with Crippen LogP contribution >= 0.6 is 0 Å². The van der Waals surface area contributed by atoms with Crippen LogP contribution in [0.15, 0.2) is 18.5 Å². The average molecular weight is 289 g/mol. The van der Waals surface area contributed by atoms with Crippen molar-refractivity contribution in [3.63, 3.8) is 0 Å². The summed E-state index contributed by atoms with van der Waals surface area (Å²) in [5, 5.41) is 2.74. The predicted octanol–water partition coefficient (Wildman–Crippen LogP) is 0.465. The molecule has 0 bridgehead atoms. The van der Waals surface area contributed by atoms with Crippen molar-refractivity contribution in [1.29, 1.82) is 0 Å². The van der Waals surface area contributed by atoms with E-state index in [2.05, 4.69) is 22.1 Å². The Balaban J connectivity index is 2.51. The second-order valence-corrected chi connectivity index (χ2v) is 4.09. The van der Waals surface area contributed by atoms with Crippen molar-refractivity contribution in [1.82, 2.24) is 10.3 Å². The van der Waals surface area contributed by atoms with E-state index in [4.69, 9.17) is 10.5 Å². The number of nitrogens with one attached hydrogen (secondary N) is 1. The summed E-state index contributed by atoms with van der Waals surface area (Å²) < 4.78 is 4.81. The molecule has 0 radical (unpaired) electrons. The molecule has 1 aromatic rings. The van der Waals surface area contributed by atoms with Gasteiger partial charge in [0.25, 0.3) is 5.91 Å². The first-order chi connectivity index (χ1) is 10.2. The van der Waals surface area contributed by atoms with Crippen LogP contribution in [0.25, 0.3) is 0 Å². The maximum absolute atomic E-state index is 12.0. The Morgan fingerprint density at radius 3 is 3.00 bits per heavy atom. The van der Waals surface area contributed by atoms with E-state index in [0.717, 1.165) is 0 Å². The molecule has 1 rings (SSSR count). The number of hydrogen-bond acceptors (Lipinski definition) is 5. The minimum atomic E-state index is -0.259. The van der Waals surface area contributed by atoms with Crippen LogP contribution < -0.4 is 11.1 Å². The summed E-state index contributed by atoms with van der Waals surface area (Å²) in [4.78, 5) is 27.1. The number of esters is 1. The lowest BCUT2D eigenvalue weighted by molar-refractivity contribution is -0.143. The van der Waals surface area contributed by atoms with Crippen molar-refractivity contribution in [2.45, 2.75) is 19.8 Å². The van der Waals surface area contributed by atoms with Crippen molar-refractivity contribution in [2.24, 2.45) is 5.73 Å². The van der Waals surface area contributed by atoms with Crippen molar-refractivity contribution in [2.75, 3.05) is 19.7 Å². The van der Waals surface area contributed by atoms with Gasteiger partial charge in [-0.2, -0.15) is 0 Å². The first-order valence-electron chi connectivity index (χ1n) is 6.75. The van der Waals surface area contributed by atoms with Crippen LogP contribution in [-0.2, 0) is 9.53 Å². The van der Waals surface area contributed by atoms with Gasteiger partial charge in [-0.3, -0.25) is 14.6 Å². The van der Waals surface area contributed by atoms with Crippen LogP contribution in [0.3, 0.4) is 0 Å². The van der Waals surface area contributed by atoms with Crippen LogP contribution in [0.5, 0.6) is 0 Å². The zero-order chi connectivity index (χ0) is 15.5. The molecular weight excluding hydrogens is 270 g/mol. The molecule has 0 aromatic carbocycles. The number of aromatic nitrogens is 1. The van der Waals surface area contributed by atoms with E-state index in [1.807, 2.05) is 0 Å². The van der Waals surface area contributed by atoms with Gasteiger partial charge in [-0.25, -0.2) is 0 Å². The molecule has 3 N–H and O–H groups in total. The van der Waals surface area contributed by atoms with Gasteiger partial charge in [0.2, 0.25) is 0 Å². The van der Waals surface area contributed by atoms with Crippen LogP contribution in [-0.4, -0.2) is 36.6 Å². The number of rotatable bonds is 6. The second-order valence-electron chi connectivity index (χ2n) is 4.09. The highest BCUT2D eigenvalue weighted by Crippen LogP contribution is 2.05. The minimum absolute atomic E-state index is 0.218. The number of carbonyl (C=O) groups is 2. The summed E-state index contributed by atoms with van der Waals surface area (Å²) in [6.07, 6.45) is 3.86. The normalized spacial score (nSPS) is 9.43. The first kappa shape index (κ1) is 16.7. The topological polar surface area (TPSA) is 94.3 Å². The third-order valence-electron chi connectivity index (χ3n) is 2.54. The number of nitrogens with zero attached hydrogens (tertiary/aromatic N) is 1. The standard InChI is InChI=1S/C15H19N3O3/c1-2-21-14(19)6-4-9-18-15(20)13-7-10-17-11-12(13)5-3-8-16/h7,10-11H,2,4,6,8-9,16H2,1H3,(H,18,20). The number of carbonyl (C=O) groups excluding carboxylic acids is 2. The molecule has 0 fully saturated rings. The molecular formula is C15H19N3O3. The van der Waals surface area contributed by atoms with Crippen LogP contribution in [0.4, 0.5) is 0 Å². The highest BCUT2D eigenvalue weighted by atomic mass is 16.5. The van der Waals surface area contributed by atoms with E-state index in [9.17, 15) is 9.59 Å². The summed E-state index contributed by atoms with van der Waals surface area (Å²) >= 11 is 0. The van der Waals surface area contributed by atoms with Crippen molar-refractivity contribution >= 4 is 11.9 Å². The zero-order valence-corrected chi connectivity index (χ0v) is 12.0.